The van der Waals surface area contributed by atoms with Crippen molar-refractivity contribution in [1.29, 1.82) is 0 Å². The number of ether oxygens (including phenoxy) is 2. The second kappa shape index (κ2) is 6.41. The minimum Gasteiger partial charge on any atom is -0.497 e. The highest BCUT2D eigenvalue weighted by Crippen LogP contribution is 2.46. The van der Waals surface area contributed by atoms with E-state index < -0.39 is 0 Å². The number of rotatable bonds is 4. The van der Waals surface area contributed by atoms with E-state index in [-0.39, 0.29) is 12.0 Å². The molecule has 0 bridgehead atoms. The van der Waals surface area contributed by atoms with Crippen LogP contribution in [-0.2, 0) is 0 Å². The van der Waals surface area contributed by atoms with Gasteiger partial charge in [-0.2, -0.15) is 0 Å². The van der Waals surface area contributed by atoms with E-state index in [0.717, 1.165) is 24.3 Å². The van der Waals surface area contributed by atoms with E-state index in [4.69, 9.17) is 9.47 Å². The molecule has 1 saturated carbocycles. The van der Waals surface area contributed by atoms with Gasteiger partial charge in [0.25, 0.3) is 0 Å². The van der Waals surface area contributed by atoms with Crippen molar-refractivity contribution in [1.82, 2.24) is 0 Å². The minimum atomic E-state index is -0.291. The summed E-state index contributed by atoms with van der Waals surface area (Å²) in [6.07, 6.45) is 1.55. The van der Waals surface area contributed by atoms with Crippen molar-refractivity contribution in [3.63, 3.8) is 0 Å². The maximum atomic E-state index is 10.4. The molecule has 3 heteroatoms. The number of hydrogen-bond acceptors (Lipinski definition) is 3. The van der Waals surface area contributed by atoms with Crippen molar-refractivity contribution in [2.24, 2.45) is 0 Å². The quantitative estimate of drug-likeness (QED) is 0.935. The smallest absolute Gasteiger partial charge is 0.118 e. The van der Waals surface area contributed by atoms with E-state index in [1.807, 2.05) is 24.3 Å². The monoisotopic (exact) mass is 298 g/mol. The molecule has 0 aliphatic heterocycles. The Balaban J connectivity index is 1.88. The Labute approximate surface area is 131 Å². The van der Waals surface area contributed by atoms with Gasteiger partial charge in [0.1, 0.15) is 11.5 Å². The lowest BCUT2D eigenvalue weighted by Gasteiger charge is -2.23. The predicted octanol–water partition coefficient (Wildman–Crippen LogP) is 3.73. The normalized spacial score (nSPS) is 24.2. The van der Waals surface area contributed by atoms with E-state index in [1.54, 1.807) is 14.2 Å². The van der Waals surface area contributed by atoms with Crippen LogP contribution in [-0.4, -0.2) is 25.4 Å². The van der Waals surface area contributed by atoms with Gasteiger partial charge >= 0.3 is 0 Å². The molecule has 0 aromatic heterocycles. The van der Waals surface area contributed by atoms with Gasteiger partial charge in [0, 0.05) is 5.92 Å². The molecule has 1 aliphatic rings. The van der Waals surface area contributed by atoms with Crippen LogP contribution >= 0.6 is 0 Å². The summed E-state index contributed by atoms with van der Waals surface area (Å²) in [7, 11) is 3.34. The highest BCUT2D eigenvalue weighted by Gasteiger charge is 2.36. The summed E-state index contributed by atoms with van der Waals surface area (Å²) >= 11 is 0. The fourth-order valence-electron chi connectivity index (χ4n) is 3.48. The second-order valence-corrected chi connectivity index (χ2v) is 5.82. The van der Waals surface area contributed by atoms with Gasteiger partial charge in [-0.15, -0.1) is 0 Å². The van der Waals surface area contributed by atoms with Crippen molar-refractivity contribution in [3.8, 4) is 11.5 Å². The lowest BCUT2D eigenvalue weighted by atomic mass is 9.83. The predicted molar refractivity (Wildman–Crippen MR) is 86.7 cm³/mol. The first-order valence-corrected chi connectivity index (χ1v) is 7.69. The third-order valence-electron chi connectivity index (χ3n) is 4.67. The van der Waals surface area contributed by atoms with E-state index >= 15 is 0 Å². The molecule has 3 nitrogen and oxygen atoms in total. The van der Waals surface area contributed by atoms with Crippen LogP contribution < -0.4 is 9.47 Å². The highest BCUT2D eigenvalue weighted by atomic mass is 16.5. The summed E-state index contributed by atoms with van der Waals surface area (Å²) in [5.74, 6) is 2.19. The summed E-state index contributed by atoms with van der Waals surface area (Å²) in [4.78, 5) is 0. The van der Waals surface area contributed by atoms with Crippen LogP contribution in [0.5, 0.6) is 11.5 Å². The highest BCUT2D eigenvalue weighted by molar-refractivity contribution is 5.37. The van der Waals surface area contributed by atoms with Crippen LogP contribution in [0.3, 0.4) is 0 Å². The van der Waals surface area contributed by atoms with Gasteiger partial charge in [0.05, 0.1) is 20.3 Å². The molecule has 3 atom stereocenters. The fraction of sp³-hybridized carbons (Fsp3) is 0.368. The van der Waals surface area contributed by atoms with Crippen LogP contribution in [0.1, 0.15) is 35.8 Å². The van der Waals surface area contributed by atoms with Crippen LogP contribution in [0.4, 0.5) is 0 Å². The summed E-state index contributed by atoms with van der Waals surface area (Å²) in [5, 5.41) is 10.4. The SMILES string of the molecule is COc1ccc(C2CCC(O)C2c2ccc(OC)cc2)cc1. The largest absolute Gasteiger partial charge is 0.497 e. The first-order chi connectivity index (χ1) is 10.7. The molecular formula is C19H22O3. The first kappa shape index (κ1) is 14.9. The van der Waals surface area contributed by atoms with Gasteiger partial charge in [-0.05, 0) is 54.2 Å². The third kappa shape index (κ3) is 2.81. The standard InChI is InChI=1S/C19H22O3/c1-21-15-7-3-13(4-8-15)17-11-12-18(20)19(17)14-5-9-16(22-2)10-6-14/h3-10,17-20H,11-12H2,1-2H3. The van der Waals surface area contributed by atoms with Crippen molar-refractivity contribution >= 4 is 0 Å². The molecule has 2 aromatic rings. The minimum absolute atomic E-state index is 0.138. The average Bonchev–Trinajstić information content (AvgIpc) is 2.96. The van der Waals surface area contributed by atoms with E-state index in [2.05, 4.69) is 24.3 Å². The Morgan fingerprint density at radius 1 is 0.773 bits per heavy atom. The molecule has 0 heterocycles. The maximum absolute atomic E-state index is 10.4. The lowest BCUT2D eigenvalue weighted by Crippen LogP contribution is -2.16. The summed E-state index contributed by atoms with van der Waals surface area (Å²) in [5.41, 5.74) is 2.43. The van der Waals surface area contributed by atoms with Gasteiger partial charge in [-0.1, -0.05) is 24.3 Å². The van der Waals surface area contributed by atoms with Gasteiger partial charge in [-0.25, -0.2) is 0 Å². The zero-order valence-corrected chi connectivity index (χ0v) is 13.0. The Morgan fingerprint density at radius 2 is 1.27 bits per heavy atom. The first-order valence-electron chi connectivity index (χ1n) is 7.69. The molecule has 0 amide bonds. The molecule has 2 aromatic carbocycles. The number of aliphatic hydroxyl groups is 1. The number of methoxy groups -OCH3 is 2. The second-order valence-electron chi connectivity index (χ2n) is 5.82. The van der Waals surface area contributed by atoms with Crippen molar-refractivity contribution in [2.75, 3.05) is 14.2 Å². The Kier molecular flexibility index (Phi) is 4.34. The molecule has 0 saturated heterocycles. The Hall–Kier alpha value is -2.00. The third-order valence-corrected chi connectivity index (χ3v) is 4.67. The van der Waals surface area contributed by atoms with E-state index in [0.29, 0.717) is 5.92 Å². The van der Waals surface area contributed by atoms with Crippen LogP contribution in [0.2, 0.25) is 0 Å². The number of benzene rings is 2. The molecule has 1 fully saturated rings. The van der Waals surface area contributed by atoms with E-state index in [1.165, 1.54) is 11.1 Å². The zero-order chi connectivity index (χ0) is 15.5. The van der Waals surface area contributed by atoms with Crippen LogP contribution in [0.15, 0.2) is 48.5 Å². The lowest BCUT2D eigenvalue weighted by molar-refractivity contribution is 0.160. The van der Waals surface area contributed by atoms with Gasteiger partial charge in [0.2, 0.25) is 0 Å². The zero-order valence-electron chi connectivity index (χ0n) is 13.0. The molecule has 22 heavy (non-hydrogen) atoms. The van der Waals surface area contributed by atoms with Gasteiger partial charge in [0.15, 0.2) is 0 Å². The van der Waals surface area contributed by atoms with Gasteiger partial charge < -0.3 is 14.6 Å². The number of hydrogen-bond donors (Lipinski definition) is 1. The molecule has 3 unspecified atom stereocenters. The van der Waals surface area contributed by atoms with Gasteiger partial charge in [-0.3, -0.25) is 0 Å². The average molecular weight is 298 g/mol. The number of aliphatic hydroxyl groups excluding tert-OH is 1. The fourth-order valence-corrected chi connectivity index (χ4v) is 3.48. The molecule has 1 N–H and O–H groups in total. The van der Waals surface area contributed by atoms with Crippen LogP contribution in [0.25, 0.3) is 0 Å². The van der Waals surface area contributed by atoms with E-state index in [9.17, 15) is 5.11 Å². The Bertz CT molecular complexity index is 604. The van der Waals surface area contributed by atoms with Crippen molar-refractivity contribution in [2.45, 2.75) is 30.8 Å². The van der Waals surface area contributed by atoms with Crippen molar-refractivity contribution < 1.29 is 14.6 Å². The summed E-state index contributed by atoms with van der Waals surface area (Å²) < 4.78 is 10.4. The molecule has 3 rings (SSSR count). The molecule has 1 aliphatic carbocycles. The molecule has 0 spiro atoms. The Morgan fingerprint density at radius 3 is 1.77 bits per heavy atom. The summed E-state index contributed by atoms with van der Waals surface area (Å²) in [6, 6.07) is 16.3. The molecule has 0 radical (unpaired) electrons. The maximum Gasteiger partial charge on any atom is 0.118 e. The van der Waals surface area contributed by atoms with Crippen LogP contribution in [0, 0.1) is 0 Å². The molecule has 116 valence electrons. The summed E-state index contributed by atoms with van der Waals surface area (Å²) in [6.45, 7) is 0. The topological polar surface area (TPSA) is 38.7 Å². The molecular weight excluding hydrogens is 276 g/mol. The van der Waals surface area contributed by atoms with Crippen molar-refractivity contribution in [3.05, 3.63) is 59.7 Å².